The smallest absolute Gasteiger partial charge is 0.331 e. The quantitative estimate of drug-likeness (QED) is 0.526. The first kappa shape index (κ1) is 12.9. The average molecular weight is 228 g/mol. The van der Waals surface area contributed by atoms with Gasteiger partial charge in [0.2, 0.25) is 0 Å². The maximum absolute atomic E-state index is 11.1. The zero-order chi connectivity index (χ0) is 12.2. The lowest BCUT2D eigenvalue weighted by Crippen LogP contribution is -2.25. The molecular formula is C11H16O5. The van der Waals surface area contributed by atoms with Gasteiger partial charge in [-0.15, -0.1) is 0 Å². The maximum atomic E-state index is 11.1. The van der Waals surface area contributed by atoms with Crippen molar-refractivity contribution in [1.82, 2.24) is 0 Å². The second kappa shape index (κ2) is 5.23. The number of hydrogen-bond acceptors (Lipinski definition) is 5. The highest BCUT2D eigenvalue weighted by Crippen LogP contribution is 2.21. The molecule has 0 amide bonds. The van der Waals surface area contributed by atoms with E-state index >= 15 is 0 Å². The van der Waals surface area contributed by atoms with Gasteiger partial charge in [-0.25, -0.2) is 4.79 Å². The Morgan fingerprint density at radius 3 is 2.62 bits per heavy atom. The summed E-state index contributed by atoms with van der Waals surface area (Å²) in [5.41, 5.74) is -0.341. The zero-order valence-corrected chi connectivity index (χ0v) is 9.69. The monoisotopic (exact) mass is 228 g/mol. The van der Waals surface area contributed by atoms with Gasteiger partial charge in [0.15, 0.2) is 12.1 Å². The van der Waals surface area contributed by atoms with Gasteiger partial charge in [-0.2, -0.15) is 0 Å². The molecule has 1 fully saturated rings. The predicted octanol–water partition coefficient (Wildman–Crippen LogP) is 0.826. The normalized spacial score (nSPS) is 23.6. The Labute approximate surface area is 94.4 Å². The molecule has 0 radical (unpaired) electrons. The van der Waals surface area contributed by atoms with Crippen LogP contribution in [0, 0.1) is 0 Å². The molecular weight excluding hydrogens is 212 g/mol. The lowest BCUT2D eigenvalue weighted by molar-refractivity contribution is -0.155. The minimum absolute atomic E-state index is 0.0323. The van der Waals surface area contributed by atoms with E-state index in [-0.39, 0.29) is 18.0 Å². The van der Waals surface area contributed by atoms with Gasteiger partial charge in [0.25, 0.3) is 0 Å². The molecule has 1 aliphatic heterocycles. The van der Waals surface area contributed by atoms with E-state index < -0.39 is 12.3 Å². The Morgan fingerprint density at radius 2 is 2.12 bits per heavy atom. The molecule has 0 saturated carbocycles. The summed E-state index contributed by atoms with van der Waals surface area (Å²) in [5, 5.41) is 0. The Morgan fingerprint density at radius 1 is 1.44 bits per heavy atom. The van der Waals surface area contributed by atoms with Gasteiger partial charge in [0.1, 0.15) is 6.61 Å². The largest absolute Gasteiger partial charge is 0.457 e. The van der Waals surface area contributed by atoms with Crippen molar-refractivity contribution in [3.05, 3.63) is 12.2 Å². The molecule has 0 aliphatic carbocycles. The number of ether oxygens (including phenoxy) is 3. The molecule has 5 heteroatoms. The maximum Gasteiger partial charge on any atom is 0.331 e. The summed E-state index contributed by atoms with van der Waals surface area (Å²) in [6, 6.07) is 0. The zero-order valence-electron chi connectivity index (χ0n) is 9.69. The van der Waals surface area contributed by atoms with Crippen molar-refractivity contribution in [2.24, 2.45) is 0 Å². The van der Waals surface area contributed by atoms with Crippen molar-refractivity contribution in [3.8, 4) is 0 Å². The summed E-state index contributed by atoms with van der Waals surface area (Å²) in [7, 11) is 0. The molecule has 0 spiro atoms. The third-order valence-electron chi connectivity index (χ3n) is 1.88. The van der Waals surface area contributed by atoms with Gasteiger partial charge >= 0.3 is 5.97 Å². The van der Waals surface area contributed by atoms with Crippen molar-refractivity contribution in [2.75, 3.05) is 13.2 Å². The molecule has 5 nitrogen and oxygen atoms in total. The van der Waals surface area contributed by atoms with E-state index in [0.717, 1.165) is 12.2 Å². The number of esters is 1. The van der Waals surface area contributed by atoms with E-state index in [2.05, 4.69) is 0 Å². The van der Waals surface area contributed by atoms with Crippen LogP contribution in [-0.2, 0) is 23.8 Å². The van der Waals surface area contributed by atoms with Crippen LogP contribution in [0.3, 0.4) is 0 Å². The minimum atomic E-state index is -0.577. The van der Waals surface area contributed by atoms with Crippen LogP contribution in [0.15, 0.2) is 12.2 Å². The number of hydrogen-bond donors (Lipinski definition) is 0. The van der Waals surface area contributed by atoms with E-state index in [1.165, 1.54) is 6.92 Å². The molecule has 1 atom stereocenters. The van der Waals surface area contributed by atoms with Gasteiger partial charge < -0.3 is 14.2 Å². The average Bonchev–Trinajstić information content (AvgIpc) is 2.52. The minimum Gasteiger partial charge on any atom is -0.457 e. The molecule has 0 aromatic rings. The van der Waals surface area contributed by atoms with Crippen LogP contribution >= 0.6 is 0 Å². The first-order valence-electron chi connectivity index (χ1n) is 5.04. The van der Waals surface area contributed by atoms with Crippen LogP contribution in [0.5, 0.6) is 0 Å². The number of ketones is 1. The third kappa shape index (κ3) is 4.55. The molecule has 1 aliphatic rings. The summed E-state index contributed by atoms with van der Waals surface area (Å²) >= 11 is 0. The molecule has 0 aromatic heterocycles. The van der Waals surface area contributed by atoms with E-state index in [1.54, 1.807) is 0 Å². The summed E-state index contributed by atoms with van der Waals surface area (Å²) < 4.78 is 15.5. The van der Waals surface area contributed by atoms with E-state index in [0.29, 0.717) is 6.61 Å². The number of allylic oxidation sites excluding steroid dienone is 1. The van der Waals surface area contributed by atoms with Crippen LogP contribution in [0.2, 0.25) is 0 Å². The number of carbonyl (C=O) groups excluding carboxylic acids is 2. The Bertz CT molecular complexity index is 305. The van der Waals surface area contributed by atoms with E-state index in [4.69, 9.17) is 14.2 Å². The molecule has 1 rings (SSSR count). The van der Waals surface area contributed by atoms with Crippen molar-refractivity contribution < 1.29 is 23.8 Å². The Hall–Kier alpha value is -1.20. The lowest BCUT2D eigenvalue weighted by atomic mass is 10.2. The lowest BCUT2D eigenvalue weighted by Gasteiger charge is -2.15. The molecule has 0 N–H and O–H groups in total. The van der Waals surface area contributed by atoms with Crippen molar-refractivity contribution in [2.45, 2.75) is 32.7 Å². The van der Waals surface area contributed by atoms with Gasteiger partial charge in [-0.1, -0.05) is 0 Å². The van der Waals surface area contributed by atoms with Crippen molar-refractivity contribution >= 4 is 11.8 Å². The molecule has 90 valence electrons. The molecule has 0 bridgehead atoms. The third-order valence-corrected chi connectivity index (χ3v) is 1.88. The van der Waals surface area contributed by atoms with Gasteiger partial charge in [0.05, 0.1) is 12.2 Å². The van der Waals surface area contributed by atoms with Crippen LogP contribution in [0.25, 0.3) is 0 Å². The second-order valence-electron chi connectivity index (χ2n) is 4.19. The molecule has 1 unspecified atom stereocenters. The second-order valence-corrected chi connectivity index (χ2v) is 4.19. The first-order chi connectivity index (χ1) is 7.39. The summed E-state index contributed by atoms with van der Waals surface area (Å²) in [6.07, 6.45) is 1.72. The number of carbonyl (C=O) groups is 2. The van der Waals surface area contributed by atoms with Gasteiger partial charge in [0, 0.05) is 6.08 Å². The summed E-state index contributed by atoms with van der Waals surface area (Å²) in [4.78, 5) is 21.6. The first-order valence-corrected chi connectivity index (χ1v) is 5.04. The van der Waals surface area contributed by atoms with Crippen LogP contribution in [0.1, 0.15) is 20.8 Å². The molecule has 1 heterocycles. The standard InChI is InChI=1S/C11H16O5/c1-8(12)4-5-9(13)14-6-10-15-7-11(2,3)16-10/h4-5,10H,6-7H2,1-3H3/b5-4-. The van der Waals surface area contributed by atoms with Crippen molar-refractivity contribution in [1.29, 1.82) is 0 Å². The van der Waals surface area contributed by atoms with E-state index in [1.807, 2.05) is 13.8 Å². The fourth-order valence-corrected chi connectivity index (χ4v) is 1.18. The van der Waals surface area contributed by atoms with Crippen LogP contribution in [0.4, 0.5) is 0 Å². The molecule has 16 heavy (non-hydrogen) atoms. The van der Waals surface area contributed by atoms with E-state index in [9.17, 15) is 9.59 Å². The van der Waals surface area contributed by atoms with Crippen molar-refractivity contribution in [3.63, 3.8) is 0 Å². The van der Waals surface area contributed by atoms with Gasteiger partial charge in [-0.3, -0.25) is 4.79 Å². The van der Waals surface area contributed by atoms with Gasteiger partial charge in [-0.05, 0) is 26.8 Å². The highest BCUT2D eigenvalue weighted by molar-refractivity contribution is 5.94. The topological polar surface area (TPSA) is 61.8 Å². The summed E-state index contributed by atoms with van der Waals surface area (Å²) in [6.45, 7) is 5.65. The SMILES string of the molecule is CC(=O)/C=C\C(=O)OCC1OCC(C)(C)O1. The Kier molecular flexibility index (Phi) is 4.20. The molecule has 0 aromatic carbocycles. The fourth-order valence-electron chi connectivity index (χ4n) is 1.18. The predicted molar refractivity (Wildman–Crippen MR) is 55.7 cm³/mol. The Balaban J connectivity index is 2.25. The highest BCUT2D eigenvalue weighted by atomic mass is 16.7. The molecule has 1 saturated heterocycles. The number of rotatable bonds is 4. The fraction of sp³-hybridized carbons (Fsp3) is 0.636. The van der Waals surface area contributed by atoms with Crippen LogP contribution in [-0.4, -0.2) is 36.9 Å². The van der Waals surface area contributed by atoms with Crippen LogP contribution < -0.4 is 0 Å². The highest BCUT2D eigenvalue weighted by Gasteiger charge is 2.33. The summed E-state index contributed by atoms with van der Waals surface area (Å²) in [5.74, 6) is -0.779.